The Morgan fingerprint density at radius 2 is 1.72 bits per heavy atom. The summed E-state index contributed by atoms with van der Waals surface area (Å²) in [4.78, 5) is 14.6. The molecule has 1 aromatic heterocycles. The molecule has 0 fully saturated rings. The molecule has 5 nitrogen and oxygen atoms in total. The molecular weight excluding hydrogens is 404 g/mol. The fourth-order valence-electron chi connectivity index (χ4n) is 3.12. The quantitative estimate of drug-likeness (QED) is 0.481. The van der Waals surface area contributed by atoms with Crippen LogP contribution in [0.25, 0.3) is 5.69 Å². The van der Waals surface area contributed by atoms with Crippen LogP contribution in [0.5, 0.6) is 0 Å². The number of nitrogens with zero attached hydrogens (tertiary/aromatic N) is 4. The van der Waals surface area contributed by atoms with Gasteiger partial charge in [0.05, 0.1) is 5.25 Å². The van der Waals surface area contributed by atoms with E-state index in [0.29, 0.717) is 29.7 Å². The first-order valence-electron chi connectivity index (χ1n) is 9.73. The van der Waals surface area contributed by atoms with E-state index in [1.54, 1.807) is 0 Å². The van der Waals surface area contributed by atoms with E-state index in [2.05, 4.69) is 22.3 Å². The van der Waals surface area contributed by atoms with Crippen molar-refractivity contribution in [1.82, 2.24) is 19.7 Å². The summed E-state index contributed by atoms with van der Waals surface area (Å²) < 4.78 is 2.01. The summed E-state index contributed by atoms with van der Waals surface area (Å²) in [7, 11) is 0. The smallest absolute Gasteiger partial charge is 0.235 e. The van der Waals surface area contributed by atoms with Crippen LogP contribution in [0.3, 0.4) is 0 Å². The number of thioether (sulfide) groups is 1. The Bertz CT molecular complexity index is 939. The lowest BCUT2D eigenvalue weighted by Crippen LogP contribution is -2.36. The molecule has 0 saturated heterocycles. The number of hydrogen-bond donors (Lipinski definition) is 0. The van der Waals surface area contributed by atoms with E-state index >= 15 is 0 Å². The van der Waals surface area contributed by atoms with Gasteiger partial charge in [-0.15, -0.1) is 10.2 Å². The Balaban J connectivity index is 1.94. The summed E-state index contributed by atoms with van der Waals surface area (Å²) >= 11 is 7.51. The maximum atomic E-state index is 12.7. The van der Waals surface area contributed by atoms with E-state index in [4.69, 9.17) is 11.6 Å². The zero-order chi connectivity index (χ0) is 20.8. The molecule has 7 heteroatoms. The van der Waals surface area contributed by atoms with E-state index in [1.165, 1.54) is 11.8 Å². The van der Waals surface area contributed by atoms with Gasteiger partial charge in [0.1, 0.15) is 5.82 Å². The molecule has 3 rings (SSSR count). The monoisotopic (exact) mass is 428 g/mol. The molecule has 2 aromatic carbocycles. The molecule has 0 radical (unpaired) electrons. The number of amides is 1. The first-order chi connectivity index (χ1) is 14.0. The van der Waals surface area contributed by atoms with Crippen LogP contribution in [0.1, 0.15) is 32.2 Å². The minimum absolute atomic E-state index is 0.107. The second-order valence-corrected chi connectivity index (χ2v) is 8.39. The molecule has 0 N–H and O–H groups in total. The molecule has 1 heterocycles. The van der Waals surface area contributed by atoms with Crippen molar-refractivity contribution in [3.63, 3.8) is 0 Å². The molecule has 0 aliphatic carbocycles. The lowest BCUT2D eigenvalue weighted by molar-refractivity contribution is -0.129. The number of hydrogen-bond acceptors (Lipinski definition) is 4. The van der Waals surface area contributed by atoms with Gasteiger partial charge in [0, 0.05) is 30.2 Å². The highest BCUT2D eigenvalue weighted by molar-refractivity contribution is 8.00. The van der Waals surface area contributed by atoms with Crippen molar-refractivity contribution in [2.24, 2.45) is 0 Å². The van der Waals surface area contributed by atoms with E-state index in [-0.39, 0.29) is 11.2 Å². The van der Waals surface area contributed by atoms with Gasteiger partial charge in [0.2, 0.25) is 5.91 Å². The van der Waals surface area contributed by atoms with Gasteiger partial charge in [-0.25, -0.2) is 0 Å². The normalized spacial score (nSPS) is 12.0. The number of carbonyl (C=O) groups excluding carboxylic acids is 1. The SMILES string of the molecule is CCN(CC)C(=O)C(C)Sc1nnc(Cc2ccccc2)n1-c1ccc(Cl)cc1. The molecule has 3 aromatic rings. The van der Waals surface area contributed by atoms with E-state index in [1.807, 2.05) is 72.7 Å². The predicted molar refractivity (Wildman–Crippen MR) is 119 cm³/mol. The third kappa shape index (κ3) is 5.19. The summed E-state index contributed by atoms with van der Waals surface area (Å²) in [6.07, 6.45) is 0.648. The fraction of sp³-hybridized carbons (Fsp3) is 0.318. The first kappa shape index (κ1) is 21.4. The summed E-state index contributed by atoms with van der Waals surface area (Å²) in [5.41, 5.74) is 2.08. The zero-order valence-electron chi connectivity index (χ0n) is 16.9. The summed E-state index contributed by atoms with van der Waals surface area (Å²) in [6.45, 7) is 7.30. The van der Waals surface area contributed by atoms with Gasteiger partial charge >= 0.3 is 0 Å². The highest BCUT2D eigenvalue weighted by Crippen LogP contribution is 2.28. The van der Waals surface area contributed by atoms with E-state index < -0.39 is 0 Å². The highest BCUT2D eigenvalue weighted by atomic mass is 35.5. The summed E-state index contributed by atoms with van der Waals surface area (Å²) in [6, 6.07) is 17.7. The Labute approximate surface area is 181 Å². The van der Waals surface area contributed by atoms with Crippen LogP contribution in [0.4, 0.5) is 0 Å². The zero-order valence-corrected chi connectivity index (χ0v) is 18.5. The molecule has 29 heavy (non-hydrogen) atoms. The van der Waals surface area contributed by atoms with Crippen molar-refractivity contribution in [1.29, 1.82) is 0 Å². The number of aromatic nitrogens is 3. The largest absolute Gasteiger partial charge is 0.342 e. The van der Waals surface area contributed by atoms with Gasteiger partial charge < -0.3 is 4.90 Å². The van der Waals surface area contributed by atoms with Crippen molar-refractivity contribution < 1.29 is 4.79 Å². The maximum absolute atomic E-state index is 12.7. The molecule has 0 aliphatic rings. The van der Waals surface area contributed by atoms with Crippen LogP contribution in [0, 0.1) is 0 Å². The molecule has 0 bridgehead atoms. The number of halogens is 1. The summed E-state index contributed by atoms with van der Waals surface area (Å²) in [5, 5.41) is 9.98. The third-order valence-corrected chi connectivity index (χ3v) is 5.98. The molecule has 0 aliphatic heterocycles. The Morgan fingerprint density at radius 3 is 2.34 bits per heavy atom. The number of benzene rings is 2. The van der Waals surface area contributed by atoms with Crippen molar-refractivity contribution in [3.05, 3.63) is 71.0 Å². The Kier molecular flexibility index (Phi) is 7.34. The van der Waals surface area contributed by atoms with Gasteiger partial charge in [-0.3, -0.25) is 9.36 Å². The maximum Gasteiger partial charge on any atom is 0.235 e. The second kappa shape index (κ2) is 9.94. The average molecular weight is 429 g/mol. The molecule has 1 unspecified atom stereocenters. The van der Waals surface area contributed by atoms with Crippen molar-refractivity contribution >= 4 is 29.3 Å². The minimum atomic E-state index is -0.255. The Hall–Kier alpha value is -2.31. The van der Waals surface area contributed by atoms with E-state index in [0.717, 1.165) is 17.1 Å². The van der Waals surface area contributed by atoms with Crippen LogP contribution in [-0.4, -0.2) is 43.9 Å². The van der Waals surface area contributed by atoms with Gasteiger partial charge in [-0.05, 0) is 50.6 Å². The predicted octanol–water partition coefficient (Wildman–Crippen LogP) is 4.86. The minimum Gasteiger partial charge on any atom is -0.342 e. The molecule has 1 amide bonds. The third-order valence-electron chi connectivity index (χ3n) is 4.70. The van der Waals surface area contributed by atoms with E-state index in [9.17, 15) is 4.79 Å². The van der Waals surface area contributed by atoms with Crippen LogP contribution in [-0.2, 0) is 11.2 Å². The average Bonchev–Trinajstić information content (AvgIpc) is 3.12. The highest BCUT2D eigenvalue weighted by Gasteiger charge is 2.23. The Morgan fingerprint density at radius 1 is 1.07 bits per heavy atom. The van der Waals surface area contributed by atoms with Crippen molar-refractivity contribution in [3.8, 4) is 5.69 Å². The molecule has 0 spiro atoms. The van der Waals surface area contributed by atoms with Crippen LogP contribution in [0.15, 0.2) is 59.8 Å². The number of carbonyl (C=O) groups is 1. The standard InChI is InChI=1S/C22H25ClN4OS/c1-4-26(5-2)21(28)16(3)29-22-25-24-20(15-17-9-7-6-8-10-17)27(22)19-13-11-18(23)12-14-19/h6-14,16H,4-5,15H2,1-3H3. The van der Waals surface area contributed by atoms with Crippen molar-refractivity contribution in [2.75, 3.05) is 13.1 Å². The molecule has 1 atom stereocenters. The van der Waals surface area contributed by atoms with Crippen molar-refractivity contribution in [2.45, 2.75) is 37.6 Å². The fourth-order valence-corrected chi connectivity index (χ4v) is 4.22. The molecule has 152 valence electrons. The van der Waals surface area contributed by atoms with Crippen LogP contribution >= 0.6 is 23.4 Å². The number of rotatable bonds is 8. The lowest BCUT2D eigenvalue weighted by atomic mass is 10.1. The topological polar surface area (TPSA) is 51.0 Å². The lowest BCUT2D eigenvalue weighted by Gasteiger charge is -2.22. The van der Waals surface area contributed by atoms with Crippen LogP contribution < -0.4 is 0 Å². The van der Waals surface area contributed by atoms with Gasteiger partial charge in [0.15, 0.2) is 5.16 Å². The van der Waals surface area contributed by atoms with Gasteiger partial charge in [-0.1, -0.05) is 53.7 Å². The first-order valence-corrected chi connectivity index (χ1v) is 11.0. The second-order valence-electron chi connectivity index (χ2n) is 6.64. The summed E-state index contributed by atoms with van der Waals surface area (Å²) in [5.74, 6) is 0.929. The van der Waals surface area contributed by atoms with Gasteiger partial charge in [-0.2, -0.15) is 0 Å². The molecular formula is C22H25ClN4OS. The molecule has 0 saturated carbocycles. The van der Waals surface area contributed by atoms with Crippen LogP contribution in [0.2, 0.25) is 5.02 Å². The van der Waals surface area contributed by atoms with Gasteiger partial charge in [0.25, 0.3) is 0 Å².